The van der Waals surface area contributed by atoms with Gasteiger partial charge in [-0.2, -0.15) is 0 Å². The van der Waals surface area contributed by atoms with E-state index in [4.69, 9.17) is 15.7 Å². The van der Waals surface area contributed by atoms with Gasteiger partial charge in [0.15, 0.2) is 5.84 Å². The summed E-state index contributed by atoms with van der Waals surface area (Å²) >= 11 is 1.71. The van der Waals surface area contributed by atoms with Crippen LogP contribution in [0.2, 0.25) is 0 Å². The van der Waals surface area contributed by atoms with Gasteiger partial charge >= 0.3 is 0 Å². The molecule has 2 aromatic rings. The van der Waals surface area contributed by atoms with Gasteiger partial charge in [-0.1, -0.05) is 11.2 Å². The van der Waals surface area contributed by atoms with Crippen molar-refractivity contribution in [3.05, 3.63) is 51.7 Å². The Balaban J connectivity index is 2.08. The van der Waals surface area contributed by atoms with Gasteiger partial charge in [0, 0.05) is 29.1 Å². The maximum Gasteiger partial charge on any atom is 0.170 e. The van der Waals surface area contributed by atoms with Crippen molar-refractivity contribution in [2.45, 2.75) is 13.1 Å². The molecule has 0 spiro atoms. The van der Waals surface area contributed by atoms with E-state index in [-0.39, 0.29) is 5.84 Å². The van der Waals surface area contributed by atoms with E-state index in [1.807, 2.05) is 18.2 Å². The second kappa shape index (κ2) is 6.93. The Labute approximate surface area is 121 Å². The first-order chi connectivity index (χ1) is 9.74. The van der Waals surface area contributed by atoms with Crippen LogP contribution in [0.4, 0.5) is 0 Å². The monoisotopic (exact) mass is 291 g/mol. The lowest BCUT2D eigenvalue weighted by Crippen LogP contribution is -2.16. The molecule has 106 valence electrons. The average Bonchev–Trinajstić information content (AvgIpc) is 2.99. The van der Waals surface area contributed by atoms with Crippen molar-refractivity contribution in [1.29, 1.82) is 0 Å². The van der Waals surface area contributed by atoms with Crippen molar-refractivity contribution in [2.24, 2.45) is 10.9 Å². The van der Waals surface area contributed by atoms with Crippen molar-refractivity contribution >= 4 is 17.2 Å². The number of ether oxygens (including phenoxy) is 1. The molecule has 0 fully saturated rings. The van der Waals surface area contributed by atoms with Crippen LogP contribution in [0.5, 0.6) is 5.75 Å². The van der Waals surface area contributed by atoms with Crippen LogP contribution in [0, 0.1) is 0 Å². The van der Waals surface area contributed by atoms with E-state index in [2.05, 4.69) is 21.9 Å². The van der Waals surface area contributed by atoms with Gasteiger partial charge in [-0.05, 0) is 29.6 Å². The molecule has 6 heteroatoms. The van der Waals surface area contributed by atoms with Crippen molar-refractivity contribution in [3.63, 3.8) is 0 Å². The molecule has 5 nitrogen and oxygen atoms in total. The van der Waals surface area contributed by atoms with E-state index in [1.165, 1.54) is 4.88 Å². The Morgan fingerprint density at radius 2 is 2.25 bits per heavy atom. The second-order valence-electron chi connectivity index (χ2n) is 4.19. The lowest BCUT2D eigenvalue weighted by molar-refractivity contribution is 0.318. The van der Waals surface area contributed by atoms with Crippen LogP contribution in [0.25, 0.3) is 0 Å². The summed E-state index contributed by atoms with van der Waals surface area (Å²) in [5.74, 6) is 0.866. The van der Waals surface area contributed by atoms with Crippen LogP contribution in [0.1, 0.15) is 16.0 Å². The van der Waals surface area contributed by atoms with Crippen LogP contribution >= 0.6 is 11.3 Å². The van der Waals surface area contributed by atoms with Crippen molar-refractivity contribution in [2.75, 3.05) is 7.11 Å². The standard InChI is InChI=1S/C14H17N3O2S/c1-19-13-5-4-10(14(15)17-18)7-11(13)8-16-9-12-3-2-6-20-12/h2-7,16,18H,8-9H2,1H3,(H2,15,17). The molecule has 0 amide bonds. The summed E-state index contributed by atoms with van der Waals surface area (Å²) in [5, 5.41) is 17.1. The number of hydrogen-bond donors (Lipinski definition) is 3. The minimum Gasteiger partial charge on any atom is -0.496 e. The minimum atomic E-state index is 0.0900. The number of rotatable bonds is 6. The van der Waals surface area contributed by atoms with Crippen LogP contribution in [0.3, 0.4) is 0 Å². The third kappa shape index (κ3) is 3.49. The van der Waals surface area contributed by atoms with E-state index in [0.29, 0.717) is 12.1 Å². The third-order valence-corrected chi connectivity index (χ3v) is 3.76. The average molecular weight is 291 g/mol. The summed E-state index contributed by atoms with van der Waals surface area (Å²) in [6, 6.07) is 9.55. The quantitative estimate of drug-likeness (QED) is 0.330. The molecule has 1 heterocycles. The number of thiophene rings is 1. The Kier molecular flexibility index (Phi) is 4.97. The van der Waals surface area contributed by atoms with Crippen molar-refractivity contribution in [1.82, 2.24) is 5.32 Å². The molecular formula is C14H17N3O2S. The fourth-order valence-corrected chi connectivity index (χ4v) is 2.54. The fourth-order valence-electron chi connectivity index (χ4n) is 1.87. The molecular weight excluding hydrogens is 274 g/mol. The Morgan fingerprint density at radius 1 is 1.40 bits per heavy atom. The zero-order chi connectivity index (χ0) is 14.4. The highest BCUT2D eigenvalue weighted by Crippen LogP contribution is 2.20. The third-order valence-electron chi connectivity index (χ3n) is 2.88. The van der Waals surface area contributed by atoms with E-state index in [0.717, 1.165) is 17.9 Å². The zero-order valence-electron chi connectivity index (χ0n) is 11.2. The largest absolute Gasteiger partial charge is 0.496 e. The predicted molar refractivity (Wildman–Crippen MR) is 80.4 cm³/mol. The number of nitrogens with one attached hydrogen (secondary N) is 1. The van der Waals surface area contributed by atoms with Crippen LogP contribution in [0.15, 0.2) is 40.9 Å². The molecule has 0 saturated heterocycles. The first kappa shape index (κ1) is 14.4. The summed E-state index contributed by atoms with van der Waals surface area (Å²) < 4.78 is 5.32. The Hall–Kier alpha value is -2.05. The first-order valence-electron chi connectivity index (χ1n) is 6.12. The zero-order valence-corrected chi connectivity index (χ0v) is 12.0. The van der Waals surface area contributed by atoms with Crippen LogP contribution in [-0.2, 0) is 13.1 Å². The molecule has 0 bridgehead atoms. The van der Waals surface area contributed by atoms with Crippen LogP contribution in [-0.4, -0.2) is 18.2 Å². The molecule has 0 aliphatic heterocycles. The fraction of sp³-hybridized carbons (Fsp3) is 0.214. The SMILES string of the molecule is COc1ccc(/C(N)=N/O)cc1CNCc1cccs1. The van der Waals surface area contributed by atoms with E-state index in [1.54, 1.807) is 24.5 Å². The molecule has 20 heavy (non-hydrogen) atoms. The molecule has 0 unspecified atom stereocenters. The van der Waals surface area contributed by atoms with E-state index < -0.39 is 0 Å². The summed E-state index contributed by atoms with van der Waals surface area (Å²) in [4.78, 5) is 1.27. The molecule has 0 aliphatic rings. The molecule has 0 atom stereocenters. The van der Waals surface area contributed by atoms with Crippen LogP contribution < -0.4 is 15.8 Å². The summed E-state index contributed by atoms with van der Waals surface area (Å²) in [5.41, 5.74) is 7.23. The van der Waals surface area contributed by atoms with Gasteiger partial charge in [0.1, 0.15) is 5.75 Å². The number of methoxy groups -OCH3 is 1. The topological polar surface area (TPSA) is 79.9 Å². The van der Waals surface area contributed by atoms with E-state index in [9.17, 15) is 0 Å². The molecule has 4 N–H and O–H groups in total. The maximum atomic E-state index is 8.72. The molecule has 2 rings (SSSR count). The number of nitrogens with two attached hydrogens (primary N) is 1. The highest BCUT2D eigenvalue weighted by atomic mass is 32.1. The van der Waals surface area contributed by atoms with Gasteiger partial charge in [-0.15, -0.1) is 11.3 Å². The van der Waals surface area contributed by atoms with Gasteiger partial charge < -0.3 is 21.0 Å². The normalized spacial score (nSPS) is 11.6. The van der Waals surface area contributed by atoms with Crippen molar-refractivity contribution in [3.8, 4) is 5.75 Å². The molecule has 0 aliphatic carbocycles. The van der Waals surface area contributed by atoms with E-state index >= 15 is 0 Å². The van der Waals surface area contributed by atoms with Gasteiger partial charge in [-0.25, -0.2) is 0 Å². The highest BCUT2D eigenvalue weighted by molar-refractivity contribution is 7.09. The molecule has 1 aromatic heterocycles. The van der Waals surface area contributed by atoms with Gasteiger partial charge in [0.05, 0.1) is 7.11 Å². The van der Waals surface area contributed by atoms with Crippen molar-refractivity contribution < 1.29 is 9.94 Å². The summed E-state index contributed by atoms with van der Waals surface area (Å²) in [7, 11) is 1.63. The number of amidine groups is 1. The number of hydrogen-bond acceptors (Lipinski definition) is 5. The summed E-state index contributed by atoms with van der Waals surface area (Å²) in [6.45, 7) is 1.45. The lowest BCUT2D eigenvalue weighted by Gasteiger charge is -2.11. The molecule has 0 saturated carbocycles. The Bertz CT molecular complexity index is 582. The number of oxime groups is 1. The minimum absolute atomic E-state index is 0.0900. The first-order valence-corrected chi connectivity index (χ1v) is 7.00. The molecule has 0 radical (unpaired) electrons. The number of benzene rings is 1. The molecule has 1 aromatic carbocycles. The van der Waals surface area contributed by atoms with Gasteiger partial charge in [-0.3, -0.25) is 0 Å². The smallest absolute Gasteiger partial charge is 0.170 e. The highest BCUT2D eigenvalue weighted by Gasteiger charge is 2.07. The Morgan fingerprint density at radius 3 is 2.90 bits per heavy atom. The van der Waals surface area contributed by atoms with Gasteiger partial charge in [0.25, 0.3) is 0 Å². The predicted octanol–water partition coefficient (Wildman–Crippen LogP) is 2.14. The second-order valence-corrected chi connectivity index (χ2v) is 5.23. The van der Waals surface area contributed by atoms with Gasteiger partial charge in [0.2, 0.25) is 0 Å². The lowest BCUT2D eigenvalue weighted by atomic mass is 10.1. The number of nitrogens with zero attached hydrogens (tertiary/aromatic N) is 1. The maximum absolute atomic E-state index is 8.72. The summed E-state index contributed by atoms with van der Waals surface area (Å²) in [6.07, 6.45) is 0.